The average Bonchev–Trinajstić information content (AvgIpc) is 2.77. The van der Waals surface area contributed by atoms with Crippen LogP contribution in [0.4, 0.5) is 0 Å². The second kappa shape index (κ2) is 9.60. The number of carbonyl (C=O) groups is 1. The minimum Gasteiger partial charge on any atom is -0.493 e. The average molecular weight is 383 g/mol. The van der Waals surface area contributed by atoms with Gasteiger partial charge in [-0.3, -0.25) is 4.79 Å². The van der Waals surface area contributed by atoms with Gasteiger partial charge in [0.2, 0.25) is 0 Å². The lowest BCUT2D eigenvalue weighted by Gasteiger charge is -2.36. The van der Waals surface area contributed by atoms with E-state index in [-0.39, 0.29) is 11.9 Å². The van der Waals surface area contributed by atoms with Crippen molar-refractivity contribution in [3.63, 3.8) is 0 Å². The van der Waals surface area contributed by atoms with Crippen LogP contribution in [0.25, 0.3) is 0 Å². The Kier molecular flexibility index (Phi) is 6.93. The van der Waals surface area contributed by atoms with Gasteiger partial charge >= 0.3 is 0 Å². The molecular formula is C23H30N2O3. The number of ether oxygens (including phenoxy) is 2. The number of rotatable bonds is 7. The number of hydrogen-bond donors (Lipinski definition) is 1. The molecule has 1 saturated heterocycles. The SMILES string of the molecule is COc1ccc(CC[C@@H]2CCCCN2C(=O)c2ccc(CN)cc2)cc1OC. The summed E-state index contributed by atoms with van der Waals surface area (Å²) in [5.74, 6) is 1.61. The van der Waals surface area contributed by atoms with Gasteiger partial charge in [-0.15, -0.1) is 0 Å². The fourth-order valence-electron chi connectivity index (χ4n) is 3.89. The van der Waals surface area contributed by atoms with Gasteiger partial charge in [-0.2, -0.15) is 0 Å². The van der Waals surface area contributed by atoms with E-state index in [1.54, 1.807) is 14.2 Å². The zero-order valence-electron chi connectivity index (χ0n) is 16.8. The molecule has 1 aliphatic rings. The Morgan fingerprint density at radius 3 is 2.43 bits per heavy atom. The third-order valence-corrected chi connectivity index (χ3v) is 5.54. The molecule has 5 nitrogen and oxygen atoms in total. The van der Waals surface area contributed by atoms with Gasteiger partial charge in [0.05, 0.1) is 14.2 Å². The van der Waals surface area contributed by atoms with E-state index in [0.29, 0.717) is 6.54 Å². The second-order valence-electron chi connectivity index (χ2n) is 7.28. The molecule has 2 aromatic carbocycles. The molecule has 0 saturated carbocycles. The van der Waals surface area contributed by atoms with Crippen LogP contribution in [0, 0.1) is 0 Å². The molecule has 1 fully saturated rings. The standard InChI is InChI=1S/C23H30N2O3/c1-27-21-13-9-17(15-22(21)28-2)8-12-20-5-3-4-14-25(20)23(26)19-10-6-18(16-24)7-11-19/h6-7,9-11,13,15,20H,3-5,8,12,14,16,24H2,1-2H3/t20-/m0/s1. The molecule has 0 aliphatic carbocycles. The van der Waals surface area contributed by atoms with E-state index < -0.39 is 0 Å². The Bertz CT molecular complexity index is 789. The maximum Gasteiger partial charge on any atom is 0.254 e. The van der Waals surface area contributed by atoms with Crippen LogP contribution in [0.3, 0.4) is 0 Å². The molecular weight excluding hydrogens is 352 g/mol. The number of hydrogen-bond acceptors (Lipinski definition) is 4. The van der Waals surface area contributed by atoms with Crippen molar-refractivity contribution in [2.24, 2.45) is 5.73 Å². The van der Waals surface area contributed by atoms with Crippen molar-refractivity contribution in [2.45, 2.75) is 44.7 Å². The van der Waals surface area contributed by atoms with Crippen LogP contribution >= 0.6 is 0 Å². The fraction of sp³-hybridized carbons (Fsp3) is 0.435. The monoisotopic (exact) mass is 382 g/mol. The van der Waals surface area contributed by atoms with Crippen molar-refractivity contribution >= 4 is 5.91 Å². The van der Waals surface area contributed by atoms with Gasteiger partial charge in [0.1, 0.15) is 0 Å². The van der Waals surface area contributed by atoms with E-state index in [9.17, 15) is 4.79 Å². The van der Waals surface area contributed by atoms with Crippen LogP contribution in [0.15, 0.2) is 42.5 Å². The summed E-state index contributed by atoms with van der Waals surface area (Å²) < 4.78 is 10.7. The van der Waals surface area contributed by atoms with Crippen molar-refractivity contribution in [1.29, 1.82) is 0 Å². The van der Waals surface area contributed by atoms with Crippen LogP contribution in [0.2, 0.25) is 0 Å². The lowest BCUT2D eigenvalue weighted by Crippen LogP contribution is -2.44. The highest BCUT2D eigenvalue weighted by atomic mass is 16.5. The lowest BCUT2D eigenvalue weighted by atomic mass is 9.94. The molecule has 3 rings (SSSR count). The molecule has 0 spiro atoms. The Morgan fingerprint density at radius 1 is 1.04 bits per heavy atom. The Balaban J connectivity index is 1.68. The van der Waals surface area contributed by atoms with Crippen LogP contribution in [-0.4, -0.2) is 37.6 Å². The molecule has 28 heavy (non-hydrogen) atoms. The Hall–Kier alpha value is -2.53. The van der Waals surface area contributed by atoms with Gasteiger partial charge < -0.3 is 20.1 Å². The number of carbonyl (C=O) groups excluding carboxylic acids is 1. The summed E-state index contributed by atoms with van der Waals surface area (Å²) in [6, 6.07) is 14.0. The lowest BCUT2D eigenvalue weighted by molar-refractivity contribution is 0.0602. The summed E-state index contributed by atoms with van der Waals surface area (Å²) in [6.45, 7) is 1.32. The Labute approximate surface area is 167 Å². The Morgan fingerprint density at radius 2 is 1.75 bits per heavy atom. The van der Waals surface area contributed by atoms with E-state index in [1.807, 2.05) is 36.4 Å². The topological polar surface area (TPSA) is 64.8 Å². The van der Waals surface area contributed by atoms with Gasteiger partial charge in [-0.25, -0.2) is 0 Å². The van der Waals surface area contributed by atoms with E-state index in [4.69, 9.17) is 15.2 Å². The molecule has 0 unspecified atom stereocenters. The quantitative estimate of drug-likeness (QED) is 0.791. The molecule has 2 N–H and O–H groups in total. The molecule has 5 heteroatoms. The fourth-order valence-corrected chi connectivity index (χ4v) is 3.89. The highest BCUT2D eigenvalue weighted by Gasteiger charge is 2.27. The minimum atomic E-state index is 0.126. The van der Waals surface area contributed by atoms with Gasteiger partial charge in [-0.05, 0) is 67.5 Å². The predicted molar refractivity (Wildman–Crippen MR) is 111 cm³/mol. The van der Waals surface area contributed by atoms with Crippen molar-refractivity contribution in [3.8, 4) is 11.5 Å². The molecule has 1 amide bonds. The molecule has 1 aliphatic heterocycles. The largest absolute Gasteiger partial charge is 0.493 e. The summed E-state index contributed by atoms with van der Waals surface area (Å²) >= 11 is 0. The molecule has 0 bridgehead atoms. The number of aryl methyl sites for hydroxylation is 1. The van der Waals surface area contributed by atoms with Crippen LogP contribution in [-0.2, 0) is 13.0 Å². The first kappa shape index (κ1) is 20.2. The molecule has 2 aromatic rings. The van der Waals surface area contributed by atoms with Crippen LogP contribution < -0.4 is 15.2 Å². The summed E-state index contributed by atoms with van der Waals surface area (Å²) in [7, 11) is 3.29. The number of methoxy groups -OCH3 is 2. The first-order valence-electron chi connectivity index (χ1n) is 9.97. The first-order valence-corrected chi connectivity index (χ1v) is 9.97. The summed E-state index contributed by atoms with van der Waals surface area (Å²) in [5.41, 5.74) is 8.65. The van der Waals surface area contributed by atoms with Gasteiger partial charge in [0, 0.05) is 24.7 Å². The number of nitrogens with two attached hydrogens (primary N) is 1. The van der Waals surface area contributed by atoms with Crippen molar-refractivity contribution in [3.05, 3.63) is 59.2 Å². The van der Waals surface area contributed by atoms with Crippen LogP contribution in [0.1, 0.15) is 47.2 Å². The number of benzene rings is 2. The summed E-state index contributed by atoms with van der Waals surface area (Å²) in [4.78, 5) is 15.1. The normalized spacial score (nSPS) is 16.7. The third-order valence-electron chi connectivity index (χ3n) is 5.54. The number of nitrogens with zero attached hydrogens (tertiary/aromatic N) is 1. The van der Waals surface area contributed by atoms with Gasteiger partial charge in [0.15, 0.2) is 11.5 Å². The highest BCUT2D eigenvalue weighted by Crippen LogP contribution is 2.29. The highest BCUT2D eigenvalue weighted by molar-refractivity contribution is 5.94. The number of amides is 1. The van der Waals surface area contributed by atoms with E-state index in [0.717, 1.165) is 54.9 Å². The van der Waals surface area contributed by atoms with E-state index in [1.165, 1.54) is 12.0 Å². The molecule has 1 heterocycles. The van der Waals surface area contributed by atoms with E-state index >= 15 is 0 Å². The van der Waals surface area contributed by atoms with Gasteiger partial charge in [0.25, 0.3) is 5.91 Å². The molecule has 1 atom stereocenters. The van der Waals surface area contributed by atoms with Gasteiger partial charge in [-0.1, -0.05) is 18.2 Å². The maximum atomic E-state index is 13.1. The van der Waals surface area contributed by atoms with E-state index in [2.05, 4.69) is 11.0 Å². The second-order valence-corrected chi connectivity index (χ2v) is 7.28. The maximum absolute atomic E-state index is 13.1. The smallest absolute Gasteiger partial charge is 0.254 e. The van der Waals surface area contributed by atoms with Crippen LogP contribution in [0.5, 0.6) is 11.5 Å². The zero-order valence-corrected chi connectivity index (χ0v) is 16.8. The number of piperidine rings is 1. The first-order chi connectivity index (χ1) is 13.7. The minimum absolute atomic E-state index is 0.126. The number of likely N-dealkylation sites (tertiary alicyclic amines) is 1. The predicted octanol–water partition coefficient (Wildman–Crippen LogP) is 3.79. The molecule has 0 aromatic heterocycles. The molecule has 0 radical (unpaired) electrons. The third kappa shape index (κ3) is 4.65. The summed E-state index contributed by atoms with van der Waals surface area (Å²) in [5, 5.41) is 0. The zero-order chi connectivity index (χ0) is 19.9. The molecule has 150 valence electrons. The van der Waals surface area contributed by atoms with Crippen molar-refractivity contribution in [1.82, 2.24) is 4.90 Å². The van der Waals surface area contributed by atoms with Crippen molar-refractivity contribution in [2.75, 3.05) is 20.8 Å². The summed E-state index contributed by atoms with van der Waals surface area (Å²) in [6.07, 6.45) is 5.15. The van der Waals surface area contributed by atoms with Crippen molar-refractivity contribution < 1.29 is 14.3 Å².